The lowest BCUT2D eigenvalue weighted by Crippen LogP contribution is -2.29. The van der Waals surface area contributed by atoms with E-state index in [0.717, 1.165) is 109 Å². The number of esters is 2. The summed E-state index contributed by atoms with van der Waals surface area (Å²) in [5, 5.41) is 0. The lowest BCUT2D eigenvalue weighted by atomic mass is 10.0. The van der Waals surface area contributed by atoms with Crippen molar-refractivity contribution >= 4 is 19.8 Å². The Morgan fingerprint density at radius 2 is 0.679 bits per heavy atom. The minimum atomic E-state index is -4.41. The number of allylic oxidation sites excluding steroid dienone is 24. The van der Waals surface area contributed by atoms with Crippen LogP contribution in [0, 0.1) is 0 Å². The van der Waals surface area contributed by atoms with Gasteiger partial charge in [0.15, 0.2) is 6.10 Å². The summed E-state index contributed by atoms with van der Waals surface area (Å²) in [6.45, 7) is 3.59. The van der Waals surface area contributed by atoms with E-state index in [1.54, 1.807) is 0 Å². The average molecular weight is 1140 g/mol. The van der Waals surface area contributed by atoms with E-state index in [1.807, 2.05) is 0 Å². The number of rotatable bonds is 59. The quantitative estimate of drug-likeness (QED) is 0.0264. The highest BCUT2D eigenvalue weighted by Gasteiger charge is 2.26. The zero-order valence-corrected chi connectivity index (χ0v) is 52.4. The van der Waals surface area contributed by atoms with E-state index in [0.29, 0.717) is 6.42 Å². The van der Waals surface area contributed by atoms with E-state index >= 15 is 0 Å². The van der Waals surface area contributed by atoms with Crippen LogP contribution in [0.15, 0.2) is 146 Å². The average Bonchev–Trinajstić information content (AvgIpc) is 3.46. The summed E-state index contributed by atoms with van der Waals surface area (Å²) < 4.78 is 33.1. The fourth-order valence-electron chi connectivity index (χ4n) is 8.46. The van der Waals surface area contributed by atoms with Gasteiger partial charge in [-0.05, 0) is 122 Å². The highest BCUT2D eigenvalue weighted by atomic mass is 31.2. The zero-order valence-electron chi connectivity index (χ0n) is 51.5. The molecular weight excluding hydrogens is 1030 g/mol. The van der Waals surface area contributed by atoms with E-state index in [9.17, 15) is 19.0 Å². The molecule has 0 aromatic carbocycles. The molecule has 2 unspecified atom stereocenters. The summed E-state index contributed by atoms with van der Waals surface area (Å²) in [7, 11) is -4.41. The predicted octanol–water partition coefficient (Wildman–Crippen LogP) is 21.1. The van der Waals surface area contributed by atoms with Crippen LogP contribution in [0.5, 0.6) is 0 Å². The van der Waals surface area contributed by atoms with E-state index in [-0.39, 0.29) is 32.6 Å². The molecule has 0 aliphatic heterocycles. The minimum Gasteiger partial charge on any atom is -0.462 e. The number of phosphoric acid groups is 1. The van der Waals surface area contributed by atoms with Gasteiger partial charge in [-0.2, -0.15) is 0 Å². The molecule has 0 radical (unpaired) electrons. The topological polar surface area (TPSA) is 134 Å². The number of carbonyl (C=O) groups is 2. The summed E-state index contributed by atoms with van der Waals surface area (Å²) in [5.74, 6) is -0.872. The molecule has 0 aliphatic rings. The van der Waals surface area contributed by atoms with Crippen LogP contribution in [-0.4, -0.2) is 49.3 Å². The first-order chi connectivity index (χ1) is 39.8. The molecule has 3 N–H and O–H groups in total. The van der Waals surface area contributed by atoms with Crippen LogP contribution in [0.25, 0.3) is 0 Å². The van der Waals surface area contributed by atoms with Crippen molar-refractivity contribution in [1.29, 1.82) is 0 Å². The second kappa shape index (κ2) is 65.0. The molecule has 0 aromatic heterocycles. The maximum atomic E-state index is 12.7. The standard InChI is InChI=1S/C71H118NO8P/c1-3-5-7-9-11-13-15-17-19-21-23-25-27-28-29-30-31-32-33-34-35-36-37-38-39-40-42-44-46-48-50-52-54-56-58-60-62-64-71(74)80-69(68-79-81(75,76)78-66-65-72)67-77-70(73)63-61-59-57-55-53-51-49-47-45-43-41-26-24-22-20-18-16-14-12-10-8-6-4-2/h5,7,11,13,17,19,22-25,28-29,31-32,34-35,37-38,40,42,46,48,52,54,69H,3-4,6,8-10,12,14-16,18,20-21,26-27,30,33,36,39,41,43-45,47,49-51,53,55-68,72H2,1-2H3,(H,75,76)/b7-5-,13-11-,19-17-,24-22-,25-23-,29-28-,32-31-,35-34-,38-37-,42-40-,48-46-,54-52-. The number of carbonyl (C=O) groups excluding carboxylic acids is 2. The van der Waals surface area contributed by atoms with Crippen LogP contribution in [-0.2, 0) is 32.7 Å². The van der Waals surface area contributed by atoms with E-state index in [1.165, 1.54) is 116 Å². The smallest absolute Gasteiger partial charge is 0.462 e. The molecule has 81 heavy (non-hydrogen) atoms. The SMILES string of the molecule is CC/C=C\C/C=C\C/C=C\C/C=C\C/C=C\C/C=C\C/C=C\C/C=C\C/C=C\C/C=C\C/C=C\CCCCCC(=O)OC(COC(=O)CCCCCCCCCCCCC/C=C\CCCCCCCCCC)COP(=O)(O)OCCN. The van der Waals surface area contributed by atoms with Crippen LogP contribution >= 0.6 is 7.82 Å². The molecule has 0 amide bonds. The summed E-state index contributed by atoms with van der Waals surface area (Å²) in [5.41, 5.74) is 5.39. The van der Waals surface area contributed by atoms with Gasteiger partial charge in [0.05, 0.1) is 13.2 Å². The van der Waals surface area contributed by atoms with Crippen molar-refractivity contribution in [3.8, 4) is 0 Å². The summed E-state index contributed by atoms with van der Waals surface area (Å²) in [4.78, 5) is 35.3. The van der Waals surface area contributed by atoms with Crippen molar-refractivity contribution in [3.63, 3.8) is 0 Å². The van der Waals surface area contributed by atoms with Crippen LogP contribution in [0.2, 0.25) is 0 Å². The molecule has 0 fully saturated rings. The fraction of sp³-hybridized carbons (Fsp3) is 0.634. The molecule has 0 spiro atoms. The predicted molar refractivity (Wildman–Crippen MR) is 348 cm³/mol. The zero-order chi connectivity index (χ0) is 58.7. The van der Waals surface area contributed by atoms with Gasteiger partial charge >= 0.3 is 19.8 Å². The van der Waals surface area contributed by atoms with Crippen molar-refractivity contribution in [1.82, 2.24) is 0 Å². The minimum absolute atomic E-state index is 0.0405. The first-order valence-electron chi connectivity index (χ1n) is 32.3. The molecular formula is C71H118NO8P. The Labute approximate surface area is 496 Å². The molecule has 460 valence electrons. The Kier molecular flexibility index (Phi) is 61.7. The van der Waals surface area contributed by atoms with Gasteiger partial charge < -0.3 is 20.1 Å². The normalized spacial score (nSPS) is 14.0. The number of hydrogen-bond donors (Lipinski definition) is 2. The monoisotopic (exact) mass is 1140 g/mol. The van der Waals surface area contributed by atoms with E-state index in [2.05, 4.69) is 160 Å². The van der Waals surface area contributed by atoms with Crippen LogP contribution in [0.1, 0.15) is 258 Å². The van der Waals surface area contributed by atoms with Crippen LogP contribution in [0.4, 0.5) is 0 Å². The summed E-state index contributed by atoms with van der Waals surface area (Å²) in [6.07, 6.45) is 93.5. The molecule has 0 bridgehead atoms. The lowest BCUT2D eigenvalue weighted by Gasteiger charge is -2.19. The van der Waals surface area contributed by atoms with Gasteiger partial charge in [0, 0.05) is 19.4 Å². The van der Waals surface area contributed by atoms with Crippen molar-refractivity contribution < 1.29 is 37.6 Å². The second-order valence-electron chi connectivity index (χ2n) is 20.9. The Balaban J connectivity index is 4.07. The first kappa shape index (κ1) is 76.9. The highest BCUT2D eigenvalue weighted by molar-refractivity contribution is 7.47. The summed E-state index contributed by atoms with van der Waals surface area (Å²) in [6, 6.07) is 0. The van der Waals surface area contributed by atoms with Gasteiger partial charge in [0.25, 0.3) is 0 Å². The fourth-order valence-corrected chi connectivity index (χ4v) is 9.22. The number of phosphoric ester groups is 1. The van der Waals surface area contributed by atoms with Crippen LogP contribution in [0.3, 0.4) is 0 Å². The number of ether oxygens (including phenoxy) is 2. The highest BCUT2D eigenvalue weighted by Crippen LogP contribution is 2.43. The van der Waals surface area contributed by atoms with Gasteiger partial charge in [-0.15, -0.1) is 0 Å². The van der Waals surface area contributed by atoms with Gasteiger partial charge in [-0.25, -0.2) is 4.57 Å². The molecule has 0 saturated carbocycles. The van der Waals surface area contributed by atoms with Gasteiger partial charge in [-0.1, -0.05) is 269 Å². The summed E-state index contributed by atoms with van der Waals surface area (Å²) >= 11 is 0. The van der Waals surface area contributed by atoms with Gasteiger partial charge in [0.1, 0.15) is 6.61 Å². The van der Waals surface area contributed by atoms with E-state index < -0.39 is 32.5 Å². The Morgan fingerprint density at radius 1 is 0.383 bits per heavy atom. The molecule has 0 saturated heterocycles. The van der Waals surface area contributed by atoms with Crippen molar-refractivity contribution in [2.24, 2.45) is 5.73 Å². The van der Waals surface area contributed by atoms with E-state index in [4.69, 9.17) is 24.3 Å². The molecule has 9 nitrogen and oxygen atoms in total. The second-order valence-corrected chi connectivity index (χ2v) is 22.3. The van der Waals surface area contributed by atoms with Crippen LogP contribution < -0.4 is 5.73 Å². The Bertz CT molecular complexity index is 1830. The third-order valence-corrected chi connectivity index (χ3v) is 14.2. The van der Waals surface area contributed by atoms with Gasteiger partial charge in [-0.3, -0.25) is 18.6 Å². The van der Waals surface area contributed by atoms with Crippen molar-refractivity contribution in [2.75, 3.05) is 26.4 Å². The maximum absolute atomic E-state index is 12.7. The number of nitrogens with two attached hydrogens (primary N) is 1. The number of unbranched alkanes of at least 4 members (excludes halogenated alkanes) is 22. The molecule has 2 atom stereocenters. The lowest BCUT2D eigenvalue weighted by molar-refractivity contribution is -0.161. The maximum Gasteiger partial charge on any atom is 0.472 e. The Hall–Kier alpha value is -4.11. The molecule has 0 rings (SSSR count). The number of hydrogen-bond acceptors (Lipinski definition) is 8. The Morgan fingerprint density at radius 3 is 1.04 bits per heavy atom. The first-order valence-corrected chi connectivity index (χ1v) is 33.8. The third kappa shape index (κ3) is 64.9. The molecule has 0 aromatic rings. The van der Waals surface area contributed by atoms with Gasteiger partial charge in [0.2, 0.25) is 0 Å². The third-order valence-electron chi connectivity index (χ3n) is 13.2. The molecule has 0 aliphatic carbocycles. The van der Waals surface area contributed by atoms with Crippen molar-refractivity contribution in [3.05, 3.63) is 146 Å². The molecule has 0 heterocycles. The largest absolute Gasteiger partial charge is 0.472 e. The van der Waals surface area contributed by atoms with Crippen molar-refractivity contribution in [2.45, 2.75) is 264 Å². The molecule has 10 heteroatoms.